The van der Waals surface area contributed by atoms with Crippen molar-refractivity contribution < 1.29 is 4.74 Å². The number of likely N-dealkylation sites (N-methyl/N-ethyl adjacent to an activating group) is 1. The second-order valence-electron chi connectivity index (χ2n) is 3.75. The maximum Gasteiger partial charge on any atom is 0.0622 e. The Kier molecular flexibility index (Phi) is 5.35. The minimum absolute atomic E-state index is 0.656. The Morgan fingerprint density at radius 3 is 2.92 bits per heavy atom. The van der Waals surface area contributed by atoms with Crippen LogP contribution >= 0.6 is 0 Å². The molecule has 1 aliphatic heterocycles. The fraction of sp³-hybridized carbons (Fsp3) is 1.00. The van der Waals surface area contributed by atoms with Gasteiger partial charge in [0.1, 0.15) is 0 Å². The van der Waals surface area contributed by atoms with E-state index in [-0.39, 0.29) is 0 Å². The van der Waals surface area contributed by atoms with Gasteiger partial charge in [0.05, 0.1) is 6.61 Å². The molecule has 1 rings (SSSR count). The summed E-state index contributed by atoms with van der Waals surface area (Å²) in [6.07, 6.45) is 2.42. The van der Waals surface area contributed by atoms with E-state index >= 15 is 0 Å². The van der Waals surface area contributed by atoms with E-state index in [2.05, 4.69) is 24.2 Å². The van der Waals surface area contributed by atoms with E-state index in [1.165, 1.54) is 12.8 Å². The molecule has 1 fully saturated rings. The van der Waals surface area contributed by atoms with Gasteiger partial charge in [-0.2, -0.15) is 0 Å². The lowest BCUT2D eigenvalue weighted by Gasteiger charge is -2.22. The molecule has 3 nitrogen and oxygen atoms in total. The predicted octanol–water partition coefficient (Wildman–Crippen LogP) is 0.707. The molecular formula is C10H22N2O. The van der Waals surface area contributed by atoms with E-state index < -0.39 is 0 Å². The van der Waals surface area contributed by atoms with E-state index in [1.54, 1.807) is 0 Å². The molecule has 0 saturated carbocycles. The smallest absolute Gasteiger partial charge is 0.0622 e. The molecule has 0 spiro atoms. The summed E-state index contributed by atoms with van der Waals surface area (Å²) in [6, 6.07) is 0.656. The number of hydrogen-bond donors (Lipinski definition) is 1. The Morgan fingerprint density at radius 2 is 2.31 bits per heavy atom. The van der Waals surface area contributed by atoms with Crippen molar-refractivity contribution in [2.75, 3.05) is 39.9 Å². The first-order valence-corrected chi connectivity index (χ1v) is 5.33. The molecule has 13 heavy (non-hydrogen) atoms. The largest absolute Gasteiger partial charge is 0.380 e. The van der Waals surface area contributed by atoms with Crippen LogP contribution in [0.25, 0.3) is 0 Å². The average Bonchev–Trinajstić information content (AvgIpc) is 2.65. The first-order valence-electron chi connectivity index (χ1n) is 5.33. The van der Waals surface area contributed by atoms with Gasteiger partial charge in [0, 0.05) is 25.7 Å². The molecule has 0 aromatic carbocycles. The summed E-state index contributed by atoms with van der Waals surface area (Å²) >= 11 is 0. The summed E-state index contributed by atoms with van der Waals surface area (Å²) < 4.78 is 5.34. The van der Waals surface area contributed by atoms with Crippen molar-refractivity contribution >= 4 is 0 Å². The van der Waals surface area contributed by atoms with Gasteiger partial charge in [-0.1, -0.05) is 6.92 Å². The summed E-state index contributed by atoms with van der Waals surface area (Å²) in [5.41, 5.74) is 0. The fourth-order valence-corrected chi connectivity index (χ4v) is 1.61. The zero-order chi connectivity index (χ0) is 9.52. The van der Waals surface area contributed by atoms with Crippen molar-refractivity contribution in [1.29, 1.82) is 0 Å². The van der Waals surface area contributed by atoms with Crippen LogP contribution in [0.5, 0.6) is 0 Å². The molecule has 1 atom stereocenters. The number of nitrogens with zero attached hydrogens (tertiary/aromatic N) is 1. The zero-order valence-corrected chi connectivity index (χ0v) is 8.88. The molecule has 1 N–H and O–H groups in total. The van der Waals surface area contributed by atoms with Crippen LogP contribution in [0.15, 0.2) is 0 Å². The molecule has 1 aliphatic rings. The van der Waals surface area contributed by atoms with Gasteiger partial charge in [-0.05, 0) is 26.4 Å². The molecular weight excluding hydrogens is 164 g/mol. The summed E-state index contributed by atoms with van der Waals surface area (Å²) in [4.78, 5) is 2.40. The molecule has 0 radical (unpaired) electrons. The number of ether oxygens (including phenoxy) is 1. The maximum absolute atomic E-state index is 5.34. The van der Waals surface area contributed by atoms with Gasteiger partial charge in [-0.15, -0.1) is 0 Å². The average molecular weight is 186 g/mol. The van der Waals surface area contributed by atoms with Crippen LogP contribution in [0.2, 0.25) is 0 Å². The molecule has 78 valence electrons. The quantitative estimate of drug-likeness (QED) is 0.618. The Labute approximate surface area is 81.4 Å². The van der Waals surface area contributed by atoms with Gasteiger partial charge in [0.2, 0.25) is 0 Å². The van der Waals surface area contributed by atoms with E-state index in [9.17, 15) is 0 Å². The van der Waals surface area contributed by atoms with Crippen molar-refractivity contribution in [1.82, 2.24) is 10.2 Å². The Bertz CT molecular complexity index is 124. The fourth-order valence-electron chi connectivity index (χ4n) is 1.61. The maximum atomic E-state index is 5.34. The number of rotatable bonds is 6. The highest BCUT2D eigenvalue weighted by molar-refractivity contribution is 4.73. The van der Waals surface area contributed by atoms with Crippen molar-refractivity contribution in [3.05, 3.63) is 0 Å². The minimum Gasteiger partial charge on any atom is -0.380 e. The lowest BCUT2D eigenvalue weighted by molar-refractivity contribution is 0.159. The van der Waals surface area contributed by atoms with Crippen molar-refractivity contribution in [3.63, 3.8) is 0 Å². The minimum atomic E-state index is 0.656. The van der Waals surface area contributed by atoms with E-state index in [0.717, 1.165) is 32.8 Å². The summed E-state index contributed by atoms with van der Waals surface area (Å²) in [7, 11) is 2.19. The standard InChI is InChI=1S/C10H22N2O/c1-3-5-11-6-7-12(2)10-4-8-13-9-10/h10-11H,3-9H2,1-2H3. The lowest BCUT2D eigenvalue weighted by Crippen LogP contribution is -2.37. The molecule has 0 bridgehead atoms. The molecule has 0 aliphatic carbocycles. The van der Waals surface area contributed by atoms with Gasteiger partial charge < -0.3 is 10.1 Å². The normalized spacial score (nSPS) is 22.8. The van der Waals surface area contributed by atoms with Crippen LogP contribution in [-0.2, 0) is 4.74 Å². The lowest BCUT2D eigenvalue weighted by atomic mass is 10.2. The summed E-state index contributed by atoms with van der Waals surface area (Å²) in [5, 5.41) is 3.41. The van der Waals surface area contributed by atoms with Gasteiger partial charge in [0.25, 0.3) is 0 Å². The van der Waals surface area contributed by atoms with E-state index in [0.29, 0.717) is 6.04 Å². The highest BCUT2D eigenvalue weighted by Gasteiger charge is 2.19. The topological polar surface area (TPSA) is 24.5 Å². The summed E-state index contributed by atoms with van der Waals surface area (Å²) in [5.74, 6) is 0. The Hall–Kier alpha value is -0.120. The van der Waals surface area contributed by atoms with Crippen LogP contribution in [0.3, 0.4) is 0 Å². The molecule has 0 aromatic rings. The molecule has 0 amide bonds. The Morgan fingerprint density at radius 1 is 1.46 bits per heavy atom. The van der Waals surface area contributed by atoms with E-state index in [1.807, 2.05) is 0 Å². The van der Waals surface area contributed by atoms with Crippen LogP contribution < -0.4 is 5.32 Å². The van der Waals surface area contributed by atoms with Crippen molar-refractivity contribution in [2.45, 2.75) is 25.8 Å². The van der Waals surface area contributed by atoms with Crippen molar-refractivity contribution in [2.24, 2.45) is 0 Å². The second-order valence-corrected chi connectivity index (χ2v) is 3.75. The molecule has 1 heterocycles. The van der Waals surface area contributed by atoms with Crippen LogP contribution in [0.4, 0.5) is 0 Å². The number of hydrogen-bond acceptors (Lipinski definition) is 3. The third kappa shape index (κ3) is 4.07. The highest BCUT2D eigenvalue weighted by Crippen LogP contribution is 2.09. The van der Waals surface area contributed by atoms with Gasteiger partial charge in [-0.3, -0.25) is 4.90 Å². The molecule has 1 saturated heterocycles. The van der Waals surface area contributed by atoms with Gasteiger partial charge in [-0.25, -0.2) is 0 Å². The van der Waals surface area contributed by atoms with Gasteiger partial charge in [0.15, 0.2) is 0 Å². The number of nitrogens with one attached hydrogen (secondary N) is 1. The molecule has 1 unspecified atom stereocenters. The second kappa shape index (κ2) is 6.35. The third-order valence-corrected chi connectivity index (χ3v) is 2.60. The third-order valence-electron chi connectivity index (χ3n) is 2.60. The first-order chi connectivity index (χ1) is 6.34. The van der Waals surface area contributed by atoms with Gasteiger partial charge >= 0.3 is 0 Å². The monoisotopic (exact) mass is 186 g/mol. The van der Waals surface area contributed by atoms with Crippen LogP contribution in [0.1, 0.15) is 19.8 Å². The first kappa shape index (κ1) is 11.0. The van der Waals surface area contributed by atoms with Crippen LogP contribution in [0, 0.1) is 0 Å². The SMILES string of the molecule is CCCNCCN(C)C1CCOC1. The molecule has 0 aromatic heterocycles. The van der Waals surface area contributed by atoms with Crippen LogP contribution in [-0.4, -0.2) is 50.8 Å². The summed E-state index contributed by atoms with van der Waals surface area (Å²) in [6.45, 7) is 7.42. The van der Waals surface area contributed by atoms with E-state index in [4.69, 9.17) is 4.74 Å². The highest BCUT2D eigenvalue weighted by atomic mass is 16.5. The predicted molar refractivity (Wildman–Crippen MR) is 55.0 cm³/mol. The zero-order valence-electron chi connectivity index (χ0n) is 8.88. The van der Waals surface area contributed by atoms with Crippen molar-refractivity contribution in [3.8, 4) is 0 Å². The molecule has 3 heteroatoms. The Balaban J connectivity index is 1.99.